The summed E-state index contributed by atoms with van der Waals surface area (Å²) in [6.45, 7) is 4.68. The van der Waals surface area contributed by atoms with Crippen LogP contribution in [-0.2, 0) is 33.2 Å². The number of likely N-dealkylation sites (tertiary alicyclic amines) is 1. The van der Waals surface area contributed by atoms with Gasteiger partial charge in [-0.1, -0.05) is 25.1 Å². The molecular weight excluding hydrogens is 598 g/mol. The van der Waals surface area contributed by atoms with Crippen LogP contribution in [0, 0.1) is 34.5 Å². The summed E-state index contributed by atoms with van der Waals surface area (Å²) in [5.74, 6) is -3.65. The number of rotatable bonds is 9. The van der Waals surface area contributed by atoms with Crippen molar-refractivity contribution >= 4 is 11.9 Å². The van der Waals surface area contributed by atoms with Gasteiger partial charge in [0.25, 0.3) is 0 Å². The Balaban J connectivity index is 1.53. The highest BCUT2D eigenvalue weighted by molar-refractivity contribution is 5.89. The predicted molar refractivity (Wildman–Crippen MR) is 160 cm³/mol. The molecule has 7 rings (SSSR count). The fraction of sp³-hybridized carbons (Fsp3) is 0.765. The molecule has 3 unspecified atom stereocenters. The summed E-state index contributed by atoms with van der Waals surface area (Å²) in [5.41, 5.74) is -4.79. The molecule has 46 heavy (non-hydrogen) atoms. The Morgan fingerprint density at radius 2 is 1.72 bits per heavy atom. The second-order valence-corrected chi connectivity index (χ2v) is 14.4. The first-order valence-electron chi connectivity index (χ1n) is 16.3. The molecule has 3 N–H and O–H groups in total. The van der Waals surface area contributed by atoms with Crippen molar-refractivity contribution in [2.75, 3.05) is 48.1 Å². The molecule has 0 aromatic heterocycles. The Kier molecular flexibility index (Phi) is 7.69. The first-order valence-corrected chi connectivity index (χ1v) is 16.3. The minimum atomic E-state index is -1.83. The van der Waals surface area contributed by atoms with Gasteiger partial charge >= 0.3 is 11.9 Å². The number of carbonyl (C=O) groups excluding carboxylic acids is 2. The van der Waals surface area contributed by atoms with Gasteiger partial charge in [0.1, 0.15) is 23.9 Å². The van der Waals surface area contributed by atoms with Crippen molar-refractivity contribution < 1.29 is 53.3 Å². The van der Waals surface area contributed by atoms with Crippen molar-refractivity contribution in [3.05, 3.63) is 35.9 Å². The second kappa shape index (κ2) is 10.9. The lowest BCUT2D eigenvalue weighted by atomic mass is 9.42. The SMILES string of the molecule is CCN1C[C@@]2(COC)C3[C@@H](OC)[C@H]4[C@@H]1[C@@]3(C1C[C@]3(O)[C@H](OC(=O)c5ccccc5)C1[C@]4(OC(C)=O)[C@@H](O)[C@H]3OC)[C@@H](OC)C[C@H]2O. The van der Waals surface area contributed by atoms with Crippen LogP contribution in [0.25, 0.3) is 0 Å². The maximum atomic E-state index is 13.8. The molecule has 1 saturated heterocycles. The van der Waals surface area contributed by atoms with Gasteiger partial charge in [-0.15, -0.1) is 0 Å². The zero-order valence-corrected chi connectivity index (χ0v) is 27.3. The molecule has 5 aliphatic carbocycles. The van der Waals surface area contributed by atoms with Crippen molar-refractivity contribution in [3.63, 3.8) is 0 Å². The molecular formula is C34H47NO11. The number of carbonyl (C=O) groups is 2. The average molecular weight is 646 g/mol. The van der Waals surface area contributed by atoms with E-state index in [-0.39, 0.29) is 25.0 Å². The highest BCUT2D eigenvalue weighted by Gasteiger charge is 2.92. The third kappa shape index (κ3) is 3.62. The highest BCUT2D eigenvalue weighted by atomic mass is 16.6. The van der Waals surface area contributed by atoms with E-state index in [2.05, 4.69) is 4.90 Å². The predicted octanol–water partition coefficient (Wildman–Crippen LogP) is 0.648. The Hall–Kier alpha value is -2.16. The number of aliphatic hydroxyl groups excluding tert-OH is 2. The molecule has 6 fully saturated rings. The summed E-state index contributed by atoms with van der Waals surface area (Å²) < 4.78 is 37.4. The van der Waals surface area contributed by atoms with E-state index >= 15 is 0 Å². The van der Waals surface area contributed by atoms with Gasteiger partial charge in [-0.25, -0.2) is 4.79 Å². The Morgan fingerprint density at radius 3 is 2.30 bits per heavy atom. The van der Waals surface area contributed by atoms with Crippen LogP contribution in [0.5, 0.6) is 0 Å². The van der Waals surface area contributed by atoms with E-state index in [0.29, 0.717) is 25.1 Å². The molecule has 1 spiro atoms. The van der Waals surface area contributed by atoms with Gasteiger partial charge in [0, 0.05) is 83.0 Å². The third-order valence-corrected chi connectivity index (χ3v) is 13.2. The number of hydrogen-bond acceptors (Lipinski definition) is 12. The zero-order chi connectivity index (χ0) is 33.0. The summed E-state index contributed by atoms with van der Waals surface area (Å²) in [7, 11) is 6.27. The van der Waals surface area contributed by atoms with Crippen LogP contribution in [0.4, 0.5) is 0 Å². The van der Waals surface area contributed by atoms with Crippen LogP contribution in [0.1, 0.15) is 37.0 Å². The van der Waals surface area contributed by atoms with E-state index in [1.165, 1.54) is 14.0 Å². The maximum Gasteiger partial charge on any atom is 0.338 e. The minimum absolute atomic E-state index is 0.0791. The summed E-state index contributed by atoms with van der Waals surface area (Å²) in [4.78, 5) is 29.3. The van der Waals surface area contributed by atoms with E-state index in [0.717, 1.165) is 0 Å². The van der Waals surface area contributed by atoms with Crippen LogP contribution < -0.4 is 0 Å². The number of esters is 2. The van der Waals surface area contributed by atoms with Crippen LogP contribution in [0.2, 0.25) is 0 Å². The van der Waals surface area contributed by atoms with E-state index in [9.17, 15) is 24.9 Å². The Morgan fingerprint density at radius 1 is 1.00 bits per heavy atom. The smallest absolute Gasteiger partial charge is 0.338 e. The number of aliphatic hydroxyl groups is 3. The van der Waals surface area contributed by atoms with Gasteiger partial charge in [0.15, 0.2) is 5.60 Å². The van der Waals surface area contributed by atoms with Crippen molar-refractivity contribution in [3.8, 4) is 0 Å². The van der Waals surface area contributed by atoms with Gasteiger partial charge in [-0.05, 0) is 31.0 Å². The van der Waals surface area contributed by atoms with Gasteiger partial charge in [0.05, 0.1) is 30.5 Å². The number of ether oxygens (including phenoxy) is 6. The third-order valence-electron chi connectivity index (χ3n) is 13.2. The highest BCUT2D eigenvalue weighted by Crippen LogP contribution is 2.80. The molecule has 254 valence electrons. The second-order valence-electron chi connectivity index (χ2n) is 14.4. The normalized spacial score (nSPS) is 49.9. The number of piperidine rings is 1. The first-order chi connectivity index (χ1) is 22.0. The van der Waals surface area contributed by atoms with E-state index in [4.69, 9.17) is 28.4 Å². The molecule has 1 aromatic rings. The lowest BCUT2D eigenvalue weighted by Crippen LogP contribution is -2.81. The van der Waals surface area contributed by atoms with Gasteiger partial charge < -0.3 is 43.7 Å². The zero-order valence-electron chi connectivity index (χ0n) is 27.3. The molecule has 0 radical (unpaired) electrons. The molecule has 1 aliphatic heterocycles. The van der Waals surface area contributed by atoms with Crippen molar-refractivity contribution in [2.24, 2.45) is 34.5 Å². The van der Waals surface area contributed by atoms with Gasteiger partial charge in [-0.3, -0.25) is 9.69 Å². The Labute approximate surface area is 269 Å². The standard InChI is InChI=1S/C34H47NO11/c1-7-35-15-31(16-41-3)20(37)13-21(42-4)33-19-14-32(40)28(45-30(39)18-11-9-8-10-12-18)22(19)34(46-17(2)36,27(38)29(32)44-6)23(26(33)35)24(43-5)25(31)33/h8-12,19-29,37-38,40H,7,13-16H2,1-6H3/t19?,20-,21+,22?,23+,24+,25?,26-,27+,28-,29-,31+,32+,33+,34-/m1/s1. The Bertz CT molecular complexity index is 1360. The summed E-state index contributed by atoms with van der Waals surface area (Å²) in [6, 6.07) is 8.18. The quantitative estimate of drug-likeness (QED) is 0.323. The van der Waals surface area contributed by atoms with Crippen LogP contribution in [-0.4, -0.2) is 134 Å². The number of hydrogen-bond donors (Lipinski definition) is 3. The summed E-state index contributed by atoms with van der Waals surface area (Å²) >= 11 is 0. The lowest BCUT2D eigenvalue weighted by molar-refractivity contribution is -0.322. The topological polar surface area (TPSA) is 153 Å². The number of nitrogens with zero attached hydrogens (tertiary/aromatic N) is 1. The minimum Gasteiger partial charge on any atom is -0.455 e. The molecule has 12 heteroatoms. The van der Waals surface area contributed by atoms with E-state index < -0.39 is 88.3 Å². The molecule has 15 atom stereocenters. The monoisotopic (exact) mass is 645 g/mol. The molecule has 1 aromatic carbocycles. The molecule has 0 amide bonds. The molecule has 12 nitrogen and oxygen atoms in total. The number of fused-ring (bicyclic) bond motifs is 2. The first kappa shape index (κ1) is 32.4. The molecule has 1 heterocycles. The average Bonchev–Trinajstić information content (AvgIpc) is 3.41. The van der Waals surface area contributed by atoms with Gasteiger partial charge in [0.2, 0.25) is 0 Å². The fourth-order valence-electron chi connectivity index (χ4n) is 12.3. The van der Waals surface area contributed by atoms with Crippen LogP contribution in [0.15, 0.2) is 30.3 Å². The van der Waals surface area contributed by atoms with Crippen molar-refractivity contribution in [1.29, 1.82) is 0 Å². The molecule has 7 bridgehead atoms. The van der Waals surface area contributed by atoms with Crippen LogP contribution in [0.3, 0.4) is 0 Å². The van der Waals surface area contributed by atoms with Crippen molar-refractivity contribution in [2.45, 2.75) is 80.6 Å². The number of benzene rings is 1. The van der Waals surface area contributed by atoms with Gasteiger partial charge in [-0.2, -0.15) is 0 Å². The molecule has 5 saturated carbocycles. The molecule has 6 aliphatic rings. The largest absolute Gasteiger partial charge is 0.455 e. The summed E-state index contributed by atoms with van der Waals surface area (Å²) in [5, 5.41) is 37.3. The van der Waals surface area contributed by atoms with E-state index in [1.807, 2.05) is 6.92 Å². The number of methoxy groups -OCH3 is 4. The van der Waals surface area contributed by atoms with E-state index in [1.54, 1.807) is 51.7 Å². The summed E-state index contributed by atoms with van der Waals surface area (Å²) in [6.07, 6.45) is -5.49. The maximum absolute atomic E-state index is 13.8. The van der Waals surface area contributed by atoms with Crippen molar-refractivity contribution in [1.82, 2.24) is 4.90 Å². The lowest BCUT2D eigenvalue weighted by Gasteiger charge is -2.70. The van der Waals surface area contributed by atoms with Crippen LogP contribution >= 0.6 is 0 Å². The fourth-order valence-corrected chi connectivity index (χ4v) is 12.3.